The summed E-state index contributed by atoms with van der Waals surface area (Å²) in [5.74, 6) is 2.71. The monoisotopic (exact) mass is 424 g/mol. The molecule has 2 saturated heterocycles. The maximum atomic E-state index is 12.6. The van der Waals surface area contributed by atoms with Crippen molar-refractivity contribution in [2.45, 2.75) is 62.9 Å². The van der Waals surface area contributed by atoms with E-state index in [1.54, 1.807) is 0 Å². The number of amides is 2. The fraction of sp³-hybridized carbons (Fsp3) is 0.625. The third-order valence-corrected chi connectivity index (χ3v) is 6.98. The average molecular weight is 425 g/mol. The van der Waals surface area contributed by atoms with Crippen LogP contribution in [0.25, 0.3) is 0 Å². The van der Waals surface area contributed by atoms with Crippen LogP contribution in [0.4, 0.5) is 4.79 Å². The first-order valence-electron chi connectivity index (χ1n) is 11.7. The minimum atomic E-state index is -0.108. The summed E-state index contributed by atoms with van der Waals surface area (Å²) in [6, 6.07) is 10.3. The first kappa shape index (κ1) is 20.5. The molecule has 1 atom stereocenters. The van der Waals surface area contributed by atoms with Crippen molar-refractivity contribution >= 4 is 6.03 Å². The number of hydrogen-bond acceptors (Lipinski definition) is 5. The summed E-state index contributed by atoms with van der Waals surface area (Å²) in [5, 5.41) is 7.22. The lowest BCUT2D eigenvalue weighted by molar-refractivity contribution is -0.123. The van der Waals surface area contributed by atoms with Crippen LogP contribution in [0.5, 0.6) is 0 Å². The average Bonchev–Trinajstić information content (AvgIpc) is 3.54. The lowest BCUT2D eigenvalue weighted by Gasteiger charge is -2.46. The van der Waals surface area contributed by atoms with Gasteiger partial charge in [-0.3, -0.25) is 0 Å². The molecule has 1 aliphatic carbocycles. The van der Waals surface area contributed by atoms with Crippen molar-refractivity contribution in [3.05, 3.63) is 47.6 Å². The number of nitrogens with one attached hydrogen (secondary N) is 1. The summed E-state index contributed by atoms with van der Waals surface area (Å²) >= 11 is 0. The number of likely N-dealkylation sites (tertiary alicyclic amines) is 1. The van der Waals surface area contributed by atoms with Crippen LogP contribution in [0.2, 0.25) is 0 Å². The lowest BCUT2D eigenvalue weighted by Crippen LogP contribution is -2.53. The molecular weight excluding hydrogens is 392 g/mol. The smallest absolute Gasteiger partial charge is 0.317 e. The van der Waals surface area contributed by atoms with Crippen molar-refractivity contribution in [3.8, 4) is 0 Å². The molecular formula is C24H32N4O3. The molecule has 2 aliphatic heterocycles. The second-order valence-corrected chi connectivity index (χ2v) is 9.37. The third-order valence-electron chi connectivity index (χ3n) is 6.98. The van der Waals surface area contributed by atoms with E-state index in [1.165, 1.54) is 18.4 Å². The van der Waals surface area contributed by atoms with E-state index in [-0.39, 0.29) is 11.6 Å². The number of ether oxygens (including phenoxy) is 1. The number of piperidine rings is 1. The molecule has 7 nitrogen and oxygen atoms in total. The van der Waals surface area contributed by atoms with Gasteiger partial charge in [0.2, 0.25) is 5.89 Å². The van der Waals surface area contributed by atoms with Gasteiger partial charge in [0.1, 0.15) is 0 Å². The highest BCUT2D eigenvalue weighted by Gasteiger charge is 2.41. The van der Waals surface area contributed by atoms with Crippen LogP contribution in [0.3, 0.4) is 0 Å². The van der Waals surface area contributed by atoms with Gasteiger partial charge in [-0.05, 0) is 56.4 Å². The van der Waals surface area contributed by atoms with Gasteiger partial charge in [0.15, 0.2) is 5.82 Å². The summed E-state index contributed by atoms with van der Waals surface area (Å²) in [6.45, 7) is 2.93. The summed E-state index contributed by atoms with van der Waals surface area (Å²) in [4.78, 5) is 19.1. The molecule has 7 heteroatoms. The second-order valence-electron chi connectivity index (χ2n) is 9.37. The van der Waals surface area contributed by atoms with Gasteiger partial charge in [-0.2, -0.15) is 4.98 Å². The van der Waals surface area contributed by atoms with E-state index in [0.29, 0.717) is 18.4 Å². The molecule has 3 fully saturated rings. The van der Waals surface area contributed by atoms with Crippen molar-refractivity contribution in [2.24, 2.45) is 5.92 Å². The van der Waals surface area contributed by atoms with Crippen molar-refractivity contribution < 1.29 is 14.1 Å². The Morgan fingerprint density at radius 2 is 1.97 bits per heavy atom. The van der Waals surface area contributed by atoms with Crippen molar-refractivity contribution in [1.29, 1.82) is 0 Å². The van der Waals surface area contributed by atoms with Gasteiger partial charge in [0.05, 0.1) is 5.60 Å². The third kappa shape index (κ3) is 5.09. The Morgan fingerprint density at radius 3 is 2.74 bits per heavy atom. The van der Waals surface area contributed by atoms with Gasteiger partial charge in [-0.1, -0.05) is 35.5 Å². The number of nitrogens with zero attached hydrogens (tertiary/aromatic N) is 3. The number of rotatable bonds is 6. The van der Waals surface area contributed by atoms with E-state index in [9.17, 15) is 4.79 Å². The Balaban J connectivity index is 1.08. The predicted molar refractivity (Wildman–Crippen MR) is 116 cm³/mol. The zero-order chi connectivity index (χ0) is 21.1. The van der Waals surface area contributed by atoms with Gasteiger partial charge < -0.3 is 19.5 Å². The summed E-state index contributed by atoms with van der Waals surface area (Å²) < 4.78 is 11.8. The topological polar surface area (TPSA) is 80.5 Å². The molecule has 166 valence electrons. The Kier molecular flexibility index (Phi) is 5.94. The molecule has 1 saturated carbocycles. The fourth-order valence-electron chi connectivity index (χ4n) is 4.94. The summed E-state index contributed by atoms with van der Waals surface area (Å²) in [7, 11) is 0. The molecule has 1 N–H and O–H groups in total. The van der Waals surface area contributed by atoms with E-state index < -0.39 is 0 Å². The molecule has 0 radical (unpaired) electrons. The van der Waals surface area contributed by atoms with E-state index in [1.807, 2.05) is 23.1 Å². The van der Waals surface area contributed by atoms with E-state index >= 15 is 0 Å². The highest BCUT2D eigenvalue weighted by atomic mass is 16.5. The van der Waals surface area contributed by atoms with Crippen LogP contribution >= 0.6 is 0 Å². The van der Waals surface area contributed by atoms with Gasteiger partial charge in [-0.15, -0.1) is 0 Å². The molecule has 0 bridgehead atoms. The molecule has 3 heterocycles. The van der Waals surface area contributed by atoms with E-state index in [2.05, 4.69) is 27.6 Å². The highest BCUT2D eigenvalue weighted by molar-refractivity contribution is 5.74. The number of benzene rings is 1. The van der Waals surface area contributed by atoms with Gasteiger partial charge in [0, 0.05) is 38.6 Å². The number of hydrogen-bond donors (Lipinski definition) is 1. The van der Waals surface area contributed by atoms with Crippen molar-refractivity contribution in [1.82, 2.24) is 20.4 Å². The van der Waals surface area contributed by atoms with Gasteiger partial charge in [0.25, 0.3) is 0 Å². The normalized spacial score (nSPS) is 23.1. The number of urea groups is 1. The maximum Gasteiger partial charge on any atom is 0.317 e. The molecule has 1 unspecified atom stereocenters. The molecule has 2 aromatic rings. The largest absolute Gasteiger partial charge is 0.375 e. The summed E-state index contributed by atoms with van der Waals surface area (Å²) in [5.41, 5.74) is 1.14. The number of aromatic nitrogens is 2. The molecule has 5 rings (SSSR count). The first-order valence-corrected chi connectivity index (χ1v) is 11.7. The minimum Gasteiger partial charge on any atom is -0.375 e. The molecule has 1 aromatic heterocycles. The van der Waals surface area contributed by atoms with Gasteiger partial charge >= 0.3 is 6.03 Å². The van der Waals surface area contributed by atoms with Crippen LogP contribution in [0.1, 0.15) is 61.7 Å². The zero-order valence-corrected chi connectivity index (χ0v) is 18.1. The van der Waals surface area contributed by atoms with E-state index in [4.69, 9.17) is 9.26 Å². The maximum absolute atomic E-state index is 12.6. The van der Waals surface area contributed by atoms with Crippen molar-refractivity contribution in [3.63, 3.8) is 0 Å². The molecule has 2 amide bonds. The Bertz CT molecular complexity index is 872. The highest BCUT2D eigenvalue weighted by Crippen LogP contribution is 2.40. The Labute approximate surface area is 183 Å². The second kappa shape index (κ2) is 8.99. The van der Waals surface area contributed by atoms with Crippen LogP contribution in [0, 0.1) is 5.92 Å². The predicted octanol–water partition coefficient (Wildman–Crippen LogP) is 3.70. The summed E-state index contributed by atoms with van der Waals surface area (Å²) in [6.07, 6.45) is 7.91. The minimum absolute atomic E-state index is 0.0385. The number of carbonyl (C=O) groups is 1. The molecule has 3 aliphatic rings. The van der Waals surface area contributed by atoms with Crippen LogP contribution in [-0.4, -0.2) is 52.9 Å². The molecule has 1 aromatic carbocycles. The standard InChI is InChI=1S/C24H32N4O3/c29-23(25-12-8-18-4-2-1-3-5-18)28-13-10-24(11-14-28)17-19(9-15-30-24)16-21-26-22(27-31-21)20-6-7-20/h1-5,19-20H,6-17H2,(H,25,29). The van der Waals surface area contributed by atoms with Crippen LogP contribution in [0.15, 0.2) is 34.9 Å². The molecule has 31 heavy (non-hydrogen) atoms. The number of carbonyl (C=O) groups excluding carboxylic acids is 1. The van der Waals surface area contributed by atoms with Crippen LogP contribution in [-0.2, 0) is 17.6 Å². The lowest BCUT2D eigenvalue weighted by atomic mass is 9.78. The first-order chi connectivity index (χ1) is 15.2. The fourth-order valence-corrected chi connectivity index (χ4v) is 4.94. The quantitative estimate of drug-likeness (QED) is 0.765. The zero-order valence-electron chi connectivity index (χ0n) is 18.1. The van der Waals surface area contributed by atoms with Crippen molar-refractivity contribution in [2.75, 3.05) is 26.2 Å². The molecule has 1 spiro atoms. The SMILES string of the molecule is O=C(NCCc1ccccc1)N1CCC2(CC1)CC(Cc1nc(C3CC3)no1)CCO2. The Morgan fingerprint density at radius 1 is 1.16 bits per heavy atom. The van der Waals surface area contributed by atoms with Crippen LogP contribution < -0.4 is 5.32 Å². The Hall–Kier alpha value is -2.41. The van der Waals surface area contributed by atoms with Gasteiger partial charge in [-0.25, -0.2) is 4.79 Å². The van der Waals surface area contributed by atoms with E-state index in [0.717, 1.165) is 69.9 Å².